The molecule has 1 rings (SSSR count). The van der Waals surface area contributed by atoms with Crippen LogP contribution in [0.4, 0.5) is 4.79 Å². The number of hydrogen-bond donors (Lipinski definition) is 2. The normalized spacial score (nSPS) is 10.9. The van der Waals surface area contributed by atoms with E-state index in [4.69, 9.17) is 9.84 Å². The topological polar surface area (TPSA) is 83.8 Å². The summed E-state index contributed by atoms with van der Waals surface area (Å²) in [5, 5.41) is 19.7. The Labute approximate surface area is 181 Å². The molecule has 0 radical (unpaired) electrons. The van der Waals surface area contributed by atoms with Gasteiger partial charge in [0.25, 0.3) is 0 Å². The van der Waals surface area contributed by atoms with E-state index in [0.717, 1.165) is 32.1 Å². The summed E-state index contributed by atoms with van der Waals surface area (Å²) in [7, 11) is 0. The van der Waals surface area contributed by atoms with E-state index < -0.39 is 6.16 Å². The van der Waals surface area contributed by atoms with E-state index >= 15 is 0 Å². The van der Waals surface area contributed by atoms with Crippen molar-refractivity contribution in [2.24, 2.45) is 0 Å². The van der Waals surface area contributed by atoms with Gasteiger partial charge in [0.15, 0.2) is 17.3 Å². The second-order valence-corrected chi connectivity index (χ2v) is 8.07. The molecule has 0 bridgehead atoms. The molecular weight excluding hydrogens is 380 g/mol. The maximum Gasteiger partial charge on any atom is 0.511 e. The van der Waals surface area contributed by atoms with Crippen LogP contribution in [0.5, 0.6) is 11.5 Å². The van der Waals surface area contributed by atoms with Crippen LogP contribution in [0.1, 0.15) is 119 Å². The Morgan fingerprint density at radius 2 is 1.43 bits per heavy atom. The number of phenols is 1. The molecule has 0 aliphatic rings. The Morgan fingerprint density at radius 3 is 1.97 bits per heavy atom. The predicted molar refractivity (Wildman–Crippen MR) is 121 cm³/mol. The minimum atomic E-state index is -1.46. The average molecular weight is 421 g/mol. The van der Waals surface area contributed by atoms with Crippen LogP contribution in [0.2, 0.25) is 0 Å². The van der Waals surface area contributed by atoms with E-state index in [1.54, 1.807) is 6.07 Å². The van der Waals surface area contributed by atoms with Crippen LogP contribution in [0.3, 0.4) is 0 Å². The Bertz CT molecular complexity index is 666. The highest BCUT2D eigenvalue weighted by Gasteiger charge is 2.23. The maximum atomic E-state index is 12.9. The van der Waals surface area contributed by atoms with Gasteiger partial charge in [-0.15, -0.1) is 0 Å². The predicted octanol–water partition coefficient (Wildman–Crippen LogP) is 7.46. The summed E-state index contributed by atoms with van der Waals surface area (Å²) < 4.78 is 4.84. The highest BCUT2D eigenvalue weighted by atomic mass is 16.7. The number of unbranched alkanes of at least 4 members (excludes halogenated alkanes) is 9. The van der Waals surface area contributed by atoms with E-state index in [1.807, 2.05) is 13.8 Å². The van der Waals surface area contributed by atoms with Crippen LogP contribution in [0, 0.1) is 0 Å². The van der Waals surface area contributed by atoms with E-state index in [0.29, 0.717) is 36.0 Å². The molecule has 0 aliphatic heterocycles. The van der Waals surface area contributed by atoms with E-state index in [1.165, 1.54) is 38.5 Å². The summed E-state index contributed by atoms with van der Waals surface area (Å²) in [5.74, 6) is -0.202. The number of aryl methyl sites for hydroxylation is 1. The van der Waals surface area contributed by atoms with Gasteiger partial charge in [0, 0.05) is 17.5 Å². The van der Waals surface area contributed by atoms with E-state index in [2.05, 4.69) is 6.92 Å². The highest BCUT2D eigenvalue weighted by molar-refractivity contribution is 5.99. The number of rotatable bonds is 16. The standard InChI is InChI=1S/C25H40O5/c1-4-7-9-10-11-12-13-14-15-17-22(26)21-18-19(6-3)24(30-25(28)29)23(27)20(21)16-8-5-2/h18,27H,4-17H2,1-3H3,(H,28,29). The lowest BCUT2D eigenvalue weighted by molar-refractivity contribution is 0.0977. The van der Waals surface area contributed by atoms with Gasteiger partial charge in [-0.3, -0.25) is 4.79 Å². The Morgan fingerprint density at radius 1 is 0.867 bits per heavy atom. The molecule has 0 atom stereocenters. The van der Waals surface area contributed by atoms with E-state index in [-0.39, 0.29) is 17.3 Å². The second kappa shape index (κ2) is 14.9. The van der Waals surface area contributed by atoms with Crippen molar-refractivity contribution in [3.05, 3.63) is 22.8 Å². The zero-order chi connectivity index (χ0) is 22.4. The molecule has 1 aromatic carbocycles. The number of carbonyl (C=O) groups is 2. The summed E-state index contributed by atoms with van der Waals surface area (Å²) in [6.45, 7) is 6.11. The zero-order valence-electron chi connectivity index (χ0n) is 19.1. The molecule has 0 heterocycles. The third-order valence-electron chi connectivity index (χ3n) is 5.59. The van der Waals surface area contributed by atoms with Gasteiger partial charge in [0.1, 0.15) is 0 Å². The lowest BCUT2D eigenvalue weighted by atomic mass is 9.92. The minimum absolute atomic E-state index is 0.0240. The zero-order valence-corrected chi connectivity index (χ0v) is 19.1. The molecule has 30 heavy (non-hydrogen) atoms. The number of benzene rings is 1. The maximum absolute atomic E-state index is 12.9. The van der Waals surface area contributed by atoms with Gasteiger partial charge in [-0.1, -0.05) is 78.6 Å². The Balaban J connectivity index is 2.76. The number of aromatic hydroxyl groups is 1. The van der Waals surface area contributed by atoms with Gasteiger partial charge in [-0.25, -0.2) is 4.79 Å². The Kier molecular flexibility index (Phi) is 12.9. The van der Waals surface area contributed by atoms with Gasteiger partial charge in [0.2, 0.25) is 0 Å². The molecule has 0 spiro atoms. The first kappa shape index (κ1) is 26.0. The molecule has 0 fully saturated rings. The molecule has 5 heteroatoms. The van der Waals surface area contributed by atoms with Crippen LogP contribution in [0.15, 0.2) is 6.07 Å². The fourth-order valence-electron chi connectivity index (χ4n) is 3.79. The molecule has 2 N–H and O–H groups in total. The first-order valence-corrected chi connectivity index (χ1v) is 11.8. The third-order valence-corrected chi connectivity index (χ3v) is 5.59. The van der Waals surface area contributed by atoms with Gasteiger partial charge < -0.3 is 14.9 Å². The monoisotopic (exact) mass is 420 g/mol. The summed E-state index contributed by atoms with van der Waals surface area (Å²) >= 11 is 0. The number of carboxylic acid groups (broad SMARTS) is 1. The number of phenolic OH excluding ortho intramolecular Hbond substituents is 1. The highest BCUT2D eigenvalue weighted by Crippen LogP contribution is 2.38. The van der Waals surface area contributed by atoms with Gasteiger partial charge in [-0.2, -0.15) is 0 Å². The fourth-order valence-corrected chi connectivity index (χ4v) is 3.79. The van der Waals surface area contributed by atoms with Gasteiger partial charge >= 0.3 is 6.16 Å². The Hall–Kier alpha value is -2.04. The summed E-state index contributed by atoms with van der Waals surface area (Å²) in [6, 6.07) is 1.72. The molecule has 170 valence electrons. The van der Waals surface area contributed by atoms with Gasteiger partial charge in [-0.05, 0) is 37.3 Å². The number of ether oxygens (including phenoxy) is 1. The number of ketones is 1. The number of Topliss-reactive ketones (excluding diaryl/α,β-unsaturated/α-hetero) is 1. The van der Waals surface area contributed by atoms with Crippen LogP contribution < -0.4 is 4.74 Å². The summed E-state index contributed by atoms with van der Waals surface area (Å²) in [5.41, 5.74) is 1.59. The molecule has 0 amide bonds. The lowest BCUT2D eigenvalue weighted by Gasteiger charge is -2.17. The van der Waals surface area contributed by atoms with Crippen LogP contribution >= 0.6 is 0 Å². The van der Waals surface area contributed by atoms with Crippen LogP contribution in [-0.4, -0.2) is 22.2 Å². The fraction of sp³-hybridized carbons (Fsp3) is 0.680. The SMILES string of the molecule is CCCCCCCCCCCC(=O)c1cc(CC)c(OC(=O)O)c(O)c1CCCC. The molecule has 5 nitrogen and oxygen atoms in total. The molecule has 0 saturated heterocycles. The largest absolute Gasteiger partial charge is 0.511 e. The van der Waals surface area contributed by atoms with E-state index in [9.17, 15) is 14.7 Å². The number of hydrogen-bond acceptors (Lipinski definition) is 4. The summed E-state index contributed by atoms with van der Waals surface area (Å²) in [6.07, 6.45) is 12.5. The average Bonchev–Trinajstić information content (AvgIpc) is 2.72. The first-order valence-electron chi connectivity index (χ1n) is 11.8. The molecule has 1 aromatic rings. The van der Waals surface area contributed by atoms with Crippen molar-refractivity contribution in [1.29, 1.82) is 0 Å². The van der Waals surface area contributed by atoms with Crippen molar-refractivity contribution in [3.8, 4) is 11.5 Å². The van der Waals surface area contributed by atoms with Crippen molar-refractivity contribution in [2.75, 3.05) is 0 Å². The third kappa shape index (κ3) is 8.76. The van der Waals surface area contributed by atoms with Crippen molar-refractivity contribution in [3.63, 3.8) is 0 Å². The molecule has 0 aliphatic carbocycles. The summed E-state index contributed by atoms with van der Waals surface area (Å²) in [4.78, 5) is 24.0. The van der Waals surface area contributed by atoms with Crippen LogP contribution in [-0.2, 0) is 12.8 Å². The van der Waals surface area contributed by atoms with Crippen molar-refractivity contribution >= 4 is 11.9 Å². The first-order chi connectivity index (χ1) is 14.5. The lowest BCUT2D eigenvalue weighted by Crippen LogP contribution is -2.11. The van der Waals surface area contributed by atoms with Crippen molar-refractivity contribution < 1.29 is 24.5 Å². The second-order valence-electron chi connectivity index (χ2n) is 8.07. The van der Waals surface area contributed by atoms with Gasteiger partial charge in [0.05, 0.1) is 0 Å². The van der Waals surface area contributed by atoms with Crippen molar-refractivity contribution in [1.82, 2.24) is 0 Å². The molecule has 0 unspecified atom stereocenters. The smallest absolute Gasteiger partial charge is 0.504 e. The molecular formula is C25H40O5. The molecule has 0 aromatic heterocycles. The molecule has 0 saturated carbocycles. The quantitative estimate of drug-likeness (QED) is 0.125. The van der Waals surface area contributed by atoms with Crippen molar-refractivity contribution in [2.45, 2.75) is 111 Å². The number of carbonyl (C=O) groups excluding carboxylic acids is 1. The van der Waals surface area contributed by atoms with Crippen LogP contribution in [0.25, 0.3) is 0 Å². The minimum Gasteiger partial charge on any atom is -0.504 e.